The van der Waals surface area contributed by atoms with Gasteiger partial charge in [0.25, 0.3) is 0 Å². The van der Waals surface area contributed by atoms with Gasteiger partial charge in [0.15, 0.2) is 12.9 Å². The number of carbonyl (C=O) groups excluding carboxylic acids is 1. The first-order chi connectivity index (χ1) is 9.53. The number of aldehydes is 1. The van der Waals surface area contributed by atoms with Gasteiger partial charge in [-0.05, 0) is 19.1 Å². The molecule has 0 amide bonds. The summed E-state index contributed by atoms with van der Waals surface area (Å²) in [5, 5.41) is 0. The molecule has 0 saturated carbocycles. The Morgan fingerprint density at radius 2 is 1.90 bits per heavy atom. The van der Waals surface area contributed by atoms with Crippen LogP contribution in [-0.4, -0.2) is 17.9 Å². The standard InChI is InChI=1S/C15H13F2NO2/c1-11-7-8-14(13(9-19)18-11)20-10-15(16,17)12-5-3-2-4-6-12/h2-9H,10H2,1H3. The molecule has 0 fully saturated rings. The highest BCUT2D eigenvalue weighted by molar-refractivity contribution is 5.76. The van der Waals surface area contributed by atoms with Crippen LogP contribution in [-0.2, 0) is 5.92 Å². The number of nitrogens with zero attached hydrogens (tertiary/aromatic N) is 1. The third kappa shape index (κ3) is 3.17. The maximum Gasteiger partial charge on any atom is 0.306 e. The molecule has 104 valence electrons. The van der Waals surface area contributed by atoms with Crippen LogP contribution in [0.1, 0.15) is 21.7 Å². The molecule has 0 N–H and O–H groups in total. The largest absolute Gasteiger partial charge is 0.485 e. The molecule has 0 atom stereocenters. The van der Waals surface area contributed by atoms with Crippen LogP contribution in [0.5, 0.6) is 5.75 Å². The van der Waals surface area contributed by atoms with E-state index in [0.717, 1.165) is 0 Å². The molecule has 2 aromatic rings. The van der Waals surface area contributed by atoms with Crippen molar-refractivity contribution in [3.05, 3.63) is 59.4 Å². The number of carbonyl (C=O) groups is 1. The molecule has 0 bridgehead atoms. The smallest absolute Gasteiger partial charge is 0.306 e. The number of alkyl halides is 2. The Morgan fingerprint density at radius 1 is 1.20 bits per heavy atom. The number of aryl methyl sites for hydroxylation is 1. The fourth-order valence-corrected chi connectivity index (χ4v) is 1.70. The summed E-state index contributed by atoms with van der Waals surface area (Å²) >= 11 is 0. The van der Waals surface area contributed by atoms with Gasteiger partial charge in [0, 0.05) is 11.3 Å². The van der Waals surface area contributed by atoms with E-state index >= 15 is 0 Å². The number of halogens is 2. The van der Waals surface area contributed by atoms with Crippen molar-refractivity contribution >= 4 is 6.29 Å². The minimum Gasteiger partial charge on any atom is -0.485 e. The summed E-state index contributed by atoms with van der Waals surface area (Å²) in [7, 11) is 0. The minimum atomic E-state index is -3.13. The number of benzene rings is 1. The van der Waals surface area contributed by atoms with Crippen molar-refractivity contribution in [1.29, 1.82) is 0 Å². The van der Waals surface area contributed by atoms with Gasteiger partial charge in [-0.15, -0.1) is 0 Å². The van der Waals surface area contributed by atoms with Crippen molar-refractivity contribution in [3.63, 3.8) is 0 Å². The average molecular weight is 277 g/mol. The van der Waals surface area contributed by atoms with Crippen LogP contribution in [0.4, 0.5) is 8.78 Å². The predicted molar refractivity (Wildman–Crippen MR) is 70.2 cm³/mol. The van der Waals surface area contributed by atoms with Crippen LogP contribution in [0.15, 0.2) is 42.5 Å². The molecular formula is C15H13F2NO2. The second-order valence-electron chi connectivity index (χ2n) is 4.31. The van der Waals surface area contributed by atoms with E-state index in [1.807, 2.05) is 0 Å². The summed E-state index contributed by atoms with van der Waals surface area (Å²) in [4.78, 5) is 14.8. The number of pyridine rings is 1. The zero-order valence-corrected chi connectivity index (χ0v) is 10.8. The molecule has 1 aromatic carbocycles. The maximum absolute atomic E-state index is 13.9. The van der Waals surface area contributed by atoms with Crippen LogP contribution in [0, 0.1) is 6.92 Å². The topological polar surface area (TPSA) is 39.2 Å². The molecule has 0 spiro atoms. The highest BCUT2D eigenvalue weighted by Gasteiger charge is 2.32. The molecule has 0 saturated heterocycles. The van der Waals surface area contributed by atoms with Crippen LogP contribution in [0.25, 0.3) is 0 Å². The fraction of sp³-hybridized carbons (Fsp3) is 0.200. The van der Waals surface area contributed by atoms with E-state index < -0.39 is 12.5 Å². The Morgan fingerprint density at radius 3 is 2.55 bits per heavy atom. The maximum atomic E-state index is 13.9. The van der Waals surface area contributed by atoms with Crippen molar-refractivity contribution in [3.8, 4) is 5.75 Å². The zero-order chi connectivity index (χ0) is 14.6. The summed E-state index contributed by atoms with van der Waals surface area (Å²) < 4.78 is 32.9. The molecule has 5 heteroatoms. The molecule has 1 aromatic heterocycles. The van der Waals surface area contributed by atoms with Crippen molar-refractivity contribution in [2.45, 2.75) is 12.8 Å². The first-order valence-electron chi connectivity index (χ1n) is 6.02. The molecule has 0 radical (unpaired) electrons. The van der Waals surface area contributed by atoms with Crippen molar-refractivity contribution in [1.82, 2.24) is 4.98 Å². The zero-order valence-electron chi connectivity index (χ0n) is 10.8. The predicted octanol–water partition coefficient (Wildman–Crippen LogP) is 3.37. The van der Waals surface area contributed by atoms with Gasteiger partial charge in [0.05, 0.1) is 0 Å². The SMILES string of the molecule is Cc1ccc(OCC(F)(F)c2ccccc2)c(C=O)n1. The van der Waals surface area contributed by atoms with Crippen LogP contribution in [0.3, 0.4) is 0 Å². The van der Waals surface area contributed by atoms with Crippen molar-refractivity contribution in [2.75, 3.05) is 6.61 Å². The van der Waals surface area contributed by atoms with E-state index in [0.29, 0.717) is 12.0 Å². The molecule has 0 aliphatic heterocycles. The second-order valence-corrected chi connectivity index (χ2v) is 4.31. The summed E-state index contributed by atoms with van der Waals surface area (Å²) in [6.07, 6.45) is 0.489. The van der Waals surface area contributed by atoms with E-state index in [4.69, 9.17) is 4.74 Å². The van der Waals surface area contributed by atoms with Gasteiger partial charge in [0.2, 0.25) is 0 Å². The summed E-state index contributed by atoms with van der Waals surface area (Å²) in [6, 6.07) is 10.5. The first-order valence-corrected chi connectivity index (χ1v) is 6.02. The van der Waals surface area contributed by atoms with Gasteiger partial charge in [0.1, 0.15) is 11.4 Å². The molecule has 0 aliphatic rings. The monoisotopic (exact) mass is 277 g/mol. The third-order valence-corrected chi connectivity index (χ3v) is 2.74. The Balaban J connectivity index is 2.14. The van der Waals surface area contributed by atoms with Gasteiger partial charge in [-0.2, -0.15) is 8.78 Å². The lowest BCUT2D eigenvalue weighted by Crippen LogP contribution is -2.23. The molecule has 0 unspecified atom stereocenters. The van der Waals surface area contributed by atoms with E-state index in [1.54, 1.807) is 19.1 Å². The van der Waals surface area contributed by atoms with Crippen LogP contribution < -0.4 is 4.74 Å². The van der Waals surface area contributed by atoms with Gasteiger partial charge in [-0.3, -0.25) is 4.79 Å². The normalized spacial score (nSPS) is 11.2. The highest BCUT2D eigenvalue weighted by atomic mass is 19.3. The summed E-state index contributed by atoms with van der Waals surface area (Å²) in [5.74, 6) is -3.08. The van der Waals surface area contributed by atoms with E-state index in [1.165, 1.54) is 30.3 Å². The molecule has 20 heavy (non-hydrogen) atoms. The Bertz CT molecular complexity index is 600. The number of hydrogen-bond acceptors (Lipinski definition) is 3. The molecule has 3 nitrogen and oxygen atoms in total. The van der Waals surface area contributed by atoms with Crippen molar-refractivity contribution in [2.24, 2.45) is 0 Å². The Kier molecular flexibility index (Phi) is 4.08. The van der Waals surface area contributed by atoms with Crippen molar-refractivity contribution < 1.29 is 18.3 Å². The van der Waals surface area contributed by atoms with E-state index in [2.05, 4.69) is 4.98 Å². The van der Waals surface area contributed by atoms with Gasteiger partial charge in [-0.1, -0.05) is 30.3 Å². The molecule has 2 rings (SSSR count). The Hall–Kier alpha value is -2.30. The Labute approximate surface area is 115 Å². The first kappa shape index (κ1) is 14.1. The van der Waals surface area contributed by atoms with Gasteiger partial charge >= 0.3 is 5.92 Å². The molecular weight excluding hydrogens is 264 g/mol. The molecule has 0 aliphatic carbocycles. The molecule has 1 heterocycles. The number of rotatable bonds is 5. The number of ether oxygens (including phenoxy) is 1. The number of hydrogen-bond donors (Lipinski definition) is 0. The quantitative estimate of drug-likeness (QED) is 0.786. The average Bonchev–Trinajstić information content (AvgIpc) is 2.46. The lowest BCUT2D eigenvalue weighted by molar-refractivity contribution is -0.0469. The highest BCUT2D eigenvalue weighted by Crippen LogP contribution is 2.29. The summed E-state index contributed by atoms with van der Waals surface area (Å²) in [6.45, 7) is 0.859. The van der Waals surface area contributed by atoms with E-state index in [-0.39, 0.29) is 17.0 Å². The van der Waals surface area contributed by atoms with Gasteiger partial charge in [-0.25, -0.2) is 4.98 Å². The number of aromatic nitrogens is 1. The fourth-order valence-electron chi connectivity index (χ4n) is 1.70. The third-order valence-electron chi connectivity index (χ3n) is 2.74. The minimum absolute atomic E-state index is 0.0221. The second kappa shape index (κ2) is 5.77. The summed E-state index contributed by atoms with van der Waals surface area (Å²) in [5.41, 5.74) is 0.510. The van der Waals surface area contributed by atoms with E-state index in [9.17, 15) is 13.6 Å². The van der Waals surface area contributed by atoms with Gasteiger partial charge < -0.3 is 4.74 Å². The lowest BCUT2D eigenvalue weighted by atomic mass is 10.1. The lowest BCUT2D eigenvalue weighted by Gasteiger charge is -2.18. The van der Waals surface area contributed by atoms with Crippen LogP contribution in [0.2, 0.25) is 0 Å². The van der Waals surface area contributed by atoms with Crippen LogP contribution >= 0.6 is 0 Å².